The van der Waals surface area contributed by atoms with Crippen LogP contribution in [-0.4, -0.2) is 40.4 Å². The first-order chi connectivity index (χ1) is 18.2. The second-order valence-corrected chi connectivity index (χ2v) is 18.2. The van der Waals surface area contributed by atoms with Gasteiger partial charge in [-0.2, -0.15) is 0 Å². The molecule has 0 aromatic heterocycles. The standard InChI is InChI=1S/C31H41NO5SSi/c1-24-18-20-25(21-19-24)38(34,35)28(32-29(33)37-30(2,3)4)22-23-36-39(31(5,6)7,26-14-10-8-11-15-26)27-16-12-9-13-17-27/h8-21,28H,22-23H2,1-7H3,(H,32,33). The van der Waals surface area contributed by atoms with Gasteiger partial charge >= 0.3 is 6.09 Å². The highest BCUT2D eigenvalue weighted by Gasteiger charge is 2.50. The molecule has 0 radical (unpaired) electrons. The number of carbonyl (C=O) groups excluding carboxylic acids is 1. The molecule has 3 aromatic carbocycles. The van der Waals surface area contributed by atoms with E-state index in [2.05, 4.69) is 50.4 Å². The number of hydrogen-bond donors (Lipinski definition) is 1. The van der Waals surface area contributed by atoms with Crippen LogP contribution in [0.1, 0.15) is 53.5 Å². The van der Waals surface area contributed by atoms with Crippen molar-refractivity contribution in [1.82, 2.24) is 5.32 Å². The molecule has 1 N–H and O–H groups in total. The quantitative estimate of drug-likeness (QED) is 0.341. The minimum Gasteiger partial charge on any atom is -0.444 e. The Bertz CT molecular complexity index is 1290. The Balaban J connectivity index is 1.99. The van der Waals surface area contributed by atoms with Crippen LogP contribution in [-0.2, 0) is 19.0 Å². The number of hydrogen-bond acceptors (Lipinski definition) is 5. The average Bonchev–Trinajstić information content (AvgIpc) is 2.85. The number of rotatable bonds is 9. The van der Waals surface area contributed by atoms with Gasteiger partial charge in [-0.3, -0.25) is 0 Å². The molecule has 1 amide bonds. The van der Waals surface area contributed by atoms with Gasteiger partial charge < -0.3 is 14.5 Å². The fraction of sp³-hybridized carbons (Fsp3) is 0.387. The van der Waals surface area contributed by atoms with Crippen molar-refractivity contribution in [3.8, 4) is 0 Å². The number of sulfone groups is 1. The van der Waals surface area contributed by atoms with E-state index in [-0.39, 0.29) is 23.0 Å². The summed E-state index contributed by atoms with van der Waals surface area (Å²) in [6.45, 7) is 13.7. The van der Waals surface area contributed by atoms with Gasteiger partial charge in [0.2, 0.25) is 0 Å². The molecule has 0 aliphatic heterocycles. The molecular formula is C31H41NO5SSi. The molecule has 0 aliphatic rings. The van der Waals surface area contributed by atoms with Crippen LogP contribution in [0.15, 0.2) is 89.8 Å². The minimum absolute atomic E-state index is 0.0555. The number of ether oxygens (including phenoxy) is 1. The normalized spacial score (nSPS) is 13.5. The van der Waals surface area contributed by atoms with Gasteiger partial charge in [0, 0.05) is 13.0 Å². The summed E-state index contributed by atoms with van der Waals surface area (Å²) >= 11 is 0. The van der Waals surface area contributed by atoms with Crippen molar-refractivity contribution in [2.75, 3.05) is 6.61 Å². The molecule has 3 rings (SSSR count). The molecule has 0 aliphatic carbocycles. The average molecular weight is 568 g/mol. The van der Waals surface area contributed by atoms with Gasteiger partial charge in [-0.1, -0.05) is 99.1 Å². The van der Waals surface area contributed by atoms with Gasteiger partial charge in [0.05, 0.1) is 4.90 Å². The summed E-state index contributed by atoms with van der Waals surface area (Å²) in [5, 5.41) is 3.32. The smallest absolute Gasteiger partial charge is 0.408 e. The van der Waals surface area contributed by atoms with Crippen molar-refractivity contribution in [2.45, 2.75) is 75.8 Å². The van der Waals surface area contributed by atoms with E-state index in [0.717, 1.165) is 15.9 Å². The lowest BCUT2D eigenvalue weighted by Crippen LogP contribution is -2.66. The van der Waals surface area contributed by atoms with E-state index < -0.39 is 35.2 Å². The zero-order valence-corrected chi connectivity index (χ0v) is 25.8. The number of benzene rings is 3. The first-order valence-electron chi connectivity index (χ1n) is 13.2. The van der Waals surface area contributed by atoms with Crippen LogP contribution < -0.4 is 15.7 Å². The van der Waals surface area contributed by atoms with Crippen molar-refractivity contribution in [2.24, 2.45) is 0 Å². The molecule has 3 aromatic rings. The minimum atomic E-state index is -3.93. The Labute approximate surface area is 234 Å². The predicted molar refractivity (Wildman–Crippen MR) is 160 cm³/mol. The van der Waals surface area contributed by atoms with Crippen LogP contribution in [0, 0.1) is 6.92 Å². The van der Waals surface area contributed by atoms with Crippen molar-refractivity contribution in [1.29, 1.82) is 0 Å². The number of carbonyl (C=O) groups is 1. The first kappa shape index (κ1) is 30.6. The van der Waals surface area contributed by atoms with E-state index in [4.69, 9.17) is 9.16 Å². The first-order valence-corrected chi connectivity index (χ1v) is 16.7. The molecule has 6 nitrogen and oxygen atoms in total. The molecule has 0 saturated heterocycles. The van der Waals surface area contributed by atoms with E-state index in [1.807, 2.05) is 43.3 Å². The number of aryl methyl sites for hydroxylation is 1. The maximum Gasteiger partial charge on any atom is 0.408 e. The van der Waals surface area contributed by atoms with Gasteiger partial charge in [0.25, 0.3) is 8.32 Å². The molecule has 210 valence electrons. The topological polar surface area (TPSA) is 81.7 Å². The van der Waals surface area contributed by atoms with Crippen molar-refractivity contribution < 1.29 is 22.4 Å². The molecule has 1 atom stereocenters. The van der Waals surface area contributed by atoms with Crippen LogP contribution in [0.5, 0.6) is 0 Å². The number of alkyl carbamates (subject to hydrolysis) is 1. The summed E-state index contributed by atoms with van der Waals surface area (Å²) < 4.78 is 39.8. The van der Waals surface area contributed by atoms with Crippen LogP contribution in [0.2, 0.25) is 5.04 Å². The van der Waals surface area contributed by atoms with Gasteiger partial charge in [0.15, 0.2) is 9.84 Å². The van der Waals surface area contributed by atoms with Gasteiger partial charge in [0.1, 0.15) is 11.0 Å². The Morgan fingerprint density at radius 2 is 1.31 bits per heavy atom. The van der Waals surface area contributed by atoms with Crippen molar-refractivity contribution in [3.05, 3.63) is 90.5 Å². The van der Waals surface area contributed by atoms with Gasteiger partial charge in [-0.05, 0) is 55.2 Å². The Morgan fingerprint density at radius 3 is 1.74 bits per heavy atom. The molecule has 0 heterocycles. The van der Waals surface area contributed by atoms with E-state index in [1.165, 1.54) is 0 Å². The molecular weight excluding hydrogens is 526 g/mol. The van der Waals surface area contributed by atoms with Crippen molar-refractivity contribution >= 4 is 34.6 Å². The highest BCUT2D eigenvalue weighted by atomic mass is 32.2. The predicted octanol–water partition coefficient (Wildman–Crippen LogP) is 5.59. The third kappa shape index (κ3) is 7.38. The molecule has 0 saturated carbocycles. The summed E-state index contributed by atoms with van der Waals surface area (Å²) in [4.78, 5) is 12.9. The van der Waals surface area contributed by atoms with Crippen LogP contribution in [0.25, 0.3) is 0 Å². The summed E-state index contributed by atoms with van der Waals surface area (Å²) in [6, 6.07) is 26.9. The molecule has 0 bridgehead atoms. The van der Waals surface area contributed by atoms with E-state index in [9.17, 15) is 13.2 Å². The summed E-state index contributed by atoms with van der Waals surface area (Å²) in [6.07, 6.45) is -0.728. The van der Waals surface area contributed by atoms with Crippen LogP contribution >= 0.6 is 0 Å². The monoisotopic (exact) mass is 567 g/mol. The largest absolute Gasteiger partial charge is 0.444 e. The number of nitrogens with one attached hydrogen (secondary N) is 1. The molecule has 39 heavy (non-hydrogen) atoms. The summed E-state index contributed by atoms with van der Waals surface area (Å²) in [5.41, 5.74) is 0.175. The lowest BCUT2D eigenvalue weighted by atomic mass is 10.2. The lowest BCUT2D eigenvalue weighted by Gasteiger charge is -2.43. The second-order valence-electron chi connectivity index (χ2n) is 11.8. The maximum atomic E-state index is 13.7. The van der Waals surface area contributed by atoms with Gasteiger partial charge in [-0.15, -0.1) is 0 Å². The Hall–Kier alpha value is -2.94. The van der Waals surface area contributed by atoms with Gasteiger partial charge in [-0.25, -0.2) is 13.2 Å². The molecule has 0 spiro atoms. The maximum absolute atomic E-state index is 13.7. The van der Waals surface area contributed by atoms with E-state index in [1.54, 1.807) is 45.0 Å². The molecule has 0 fully saturated rings. The van der Waals surface area contributed by atoms with Crippen LogP contribution in [0.4, 0.5) is 4.79 Å². The lowest BCUT2D eigenvalue weighted by molar-refractivity contribution is 0.0515. The SMILES string of the molecule is Cc1ccc(S(=O)(=O)C(CCO[Si](c2ccccc2)(c2ccccc2)C(C)(C)C)NC(=O)OC(C)(C)C)cc1. The Morgan fingerprint density at radius 1 is 0.821 bits per heavy atom. The molecule has 8 heteroatoms. The molecule has 1 unspecified atom stereocenters. The van der Waals surface area contributed by atoms with Crippen LogP contribution in [0.3, 0.4) is 0 Å². The summed E-state index contributed by atoms with van der Waals surface area (Å²) in [5.74, 6) is 0. The Kier molecular flexibility index (Phi) is 9.46. The van der Waals surface area contributed by atoms with E-state index in [0.29, 0.717) is 0 Å². The summed E-state index contributed by atoms with van der Waals surface area (Å²) in [7, 11) is -6.81. The van der Waals surface area contributed by atoms with Crippen molar-refractivity contribution in [3.63, 3.8) is 0 Å². The highest BCUT2D eigenvalue weighted by Crippen LogP contribution is 2.37. The zero-order chi connectivity index (χ0) is 28.9. The number of amides is 1. The fourth-order valence-electron chi connectivity index (χ4n) is 4.72. The highest BCUT2D eigenvalue weighted by molar-refractivity contribution is 7.92. The zero-order valence-electron chi connectivity index (χ0n) is 24.0. The third-order valence-electron chi connectivity index (χ3n) is 6.52. The van der Waals surface area contributed by atoms with E-state index >= 15 is 0 Å². The second kappa shape index (κ2) is 12.1. The third-order valence-corrected chi connectivity index (χ3v) is 13.6. The fourth-order valence-corrected chi connectivity index (χ4v) is 10.8.